The summed E-state index contributed by atoms with van der Waals surface area (Å²) in [6, 6.07) is 8.29. The second-order valence-electron chi connectivity index (χ2n) is 3.61. The molecular formula is C11H6N5O3-. The molecule has 2 aromatic heterocycles. The number of H-pyrrole nitrogens is 1. The van der Waals surface area contributed by atoms with Gasteiger partial charge in [0, 0.05) is 11.3 Å². The quantitative estimate of drug-likeness (QED) is 0.383. The molecule has 0 radical (unpaired) electrons. The maximum atomic E-state index is 11.8. The predicted octanol–water partition coefficient (Wildman–Crippen LogP) is -0.255. The molecule has 0 amide bonds. The van der Waals surface area contributed by atoms with Crippen molar-refractivity contribution in [2.45, 2.75) is 0 Å². The molecule has 1 aromatic carbocycles. The summed E-state index contributed by atoms with van der Waals surface area (Å²) in [5, 5.41) is 24.9. The summed E-state index contributed by atoms with van der Waals surface area (Å²) in [4.78, 5) is 15.2. The van der Waals surface area contributed by atoms with Crippen LogP contribution >= 0.6 is 0 Å². The molecule has 0 aliphatic heterocycles. The van der Waals surface area contributed by atoms with Gasteiger partial charge in [0.25, 0.3) is 5.95 Å². The molecular weight excluding hydrogens is 250 g/mol. The standard InChI is InChI=1S/C11H7N5O3/c17-9(12-11-13-15-16-14-11)7-5-6-3-1-2-4-8(6)19-10(7)18/h1-5H,(H2,12,13,14,15,16,17)/p-1. The first-order chi connectivity index (χ1) is 9.24. The predicted molar refractivity (Wildman–Crippen MR) is 62.9 cm³/mol. The highest BCUT2D eigenvalue weighted by Crippen LogP contribution is 2.12. The van der Waals surface area contributed by atoms with Crippen LogP contribution in [0.15, 0.2) is 44.5 Å². The zero-order valence-corrected chi connectivity index (χ0v) is 9.40. The lowest BCUT2D eigenvalue weighted by Crippen LogP contribution is -2.25. The Morgan fingerprint density at radius 1 is 1.37 bits per heavy atom. The number of nitrogens with zero attached hydrogens (tertiary/aromatic N) is 4. The number of fused-ring (bicyclic) bond motifs is 1. The lowest BCUT2D eigenvalue weighted by Gasteiger charge is -2.08. The molecule has 94 valence electrons. The number of hydrogen-bond acceptors (Lipinski definition) is 7. The van der Waals surface area contributed by atoms with Crippen LogP contribution in [-0.4, -0.2) is 26.5 Å². The molecule has 0 aliphatic rings. The van der Waals surface area contributed by atoms with Gasteiger partial charge >= 0.3 is 5.63 Å². The smallest absolute Gasteiger partial charge is 0.344 e. The number of rotatable bonds is 2. The molecule has 1 N–H and O–H groups in total. The summed E-state index contributed by atoms with van der Waals surface area (Å²) in [5.74, 6) is -0.918. The topological polar surface area (TPSA) is 120 Å². The van der Waals surface area contributed by atoms with Crippen LogP contribution in [0, 0.1) is 0 Å². The normalized spacial score (nSPS) is 11.9. The van der Waals surface area contributed by atoms with Crippen LogP contribution in [0.25, 0.3) is 11.0 Å². The number of para-hydroxylation sites is 1. The number of hydrogen-bond donors (Lipinski definition) is 1. The minimum Gasteiger partial charge on any atom is -0.858 e. The first-order valence-corrected chi connectivity index (χ1v) is 5.26. The molecule has 0 fully saturated rings. The summed E-state index contributed by atoms with van der Waals surface area (Å²) >= 11 is 0. The second-order valence-corrected chi connectivity index (χ2v) is 3.61. The van der Waals surface area contributed by atoms with Gasteiger partial charge in [0.2, 0.25) is 0 Å². The average Bonchev–Trinajstić information content (AvgIpc) is 2.90. The highest BCUT2D eigenvalue weighted by Gasteiger charge is 2.05. The maximum absolute atomic E-state index is 11.8. The van der Waals surface area contributed by atoms with Crippen LogP contribution in [-0.2, 0) is 0 Å². The number of aliphatic imine (C=N–C) groups is 1. The lowest BCUT2D eigenvalue weighted by molar-refractivity contribution is -0.212. The van der Waals surface area contributed by atoms with Gasteiger partial charge in [-0.05, 0) is 17.3 Å². The van der Waals surface area contributed by atoms with Crippen molar-refractivity contribution < 1.29 is 9.52 Å². The van der Waals surface area contributed by atoms with Crippen molar-refractivity contribution in [3.05, 3.63) is 46.3 Å². The molecule has 0 aliphatic carbocycles. The van der Waals surface area contributed by atoms with Crippen molar-refractivity contribution in [3.8, 4) is 0 Å². The largest absolute Gasteiger partial charge is 0.858 e. The van der Waals surface area contributed by atoms with Gasteiger partial charge in [-0.3, -0.25) is 0 Å². The minimum atomic E-state index is -0.777. The fourth-order valence-electron chi connectivity index (χ4n) is 1.57. The van der Waals surface area contributed by atoms with E-state index in [1.165, 1.54) is 6.07 Å². The Morgan fingerprint density at radius 2 is 2.21 bits per heavy atom. The van der Waals surface area contributed by atoms with E-state index >= 15 is 0 Å². The van der Waals surface area contributed by atoms with E-state index in [9.17, 15) is 9.90 Å². The molecule has 3 aromatic rings. The third kappa shape index (κ3) is 2.06. The first kappa shape index (κ1) is 11.1. The molecule has 8 nitrogen and oxygen atoms in total. The number of benzene rings is 1. The molecule has 19 heavy (non-hydrogen) atoms. The molecule has 0 saturated carbocycles. The molecule has 2 heterocycles. The Hall–Kier alpha value is -3.03. The van der Waals surface area contributed by atoms with Crippen LogP contribution in [0.3, 0.4) is 0 Å². The van der Waals surface area contributed by atoms with Crippen LogP contribution in [0.4, 0.5) is 5.95 Å². The molecule has 8 heteroatoms. The molecule has 0 unspecified atom stereocenters. The fraction of sp³-hybridized carbons (Fsp3) is 0. The van der Waals surface area contributed by atoms with Crippen molar-refractivity contribution in [3.63, 3.8) is 0 Å². The van der Waals surface area contributed by atoms with Gasteiger partial charge in [0.1, 0.15) is 5.58 Å². The summed E-state index contributed by atoms with van der Waals surface area (Å²) in [6.07, 6.45) is 0. The highest BCUT2D eigenvalue weighted by molar-refractivity contribution is 5.94. The minimum absolute atomic E-state index is 0.141. The zero-order chi connectivity index (χ0) is 13.2. The highest BCUT2D eigenvalue weighted by atomic mass is 16.4. The van der Waals surface area contributed by atoms with Crippen molar-refractivity contribution in [1.29, 1.82) is 0 Å². The van der Waals surface area contributed by atoms with E-state index in [4.69, 9.17) is 4.42 Å². The molecule has 0 saturated heterocycles. The maximum Gasteiger partial charge on any atom is 0.344 e. The van der Waals surface area contributed by atoms with E-state index < -0.39 is 11.5 Å². The molecule has 0 bridgehead atoms. The molecule has 3 rings (SSSR count). The Morgan fingerprint density at radius 3 is 3.00 bits per heavy atom. The zero-order valence-electron chi connectivity index (χ0n) is 9.40. The fourth-order valence-corrected chi connectivity index (χ4v) is 1.57. The second kappa shape index (κ2) is 4.33. The number of aromatic nitrogens is 4. The van der Waals surface area contributed by atoms with Gasteiger partial charge in [0.05, 0.1) is 5.56 Å². The van der Waals surface area contributed by atoms with Crippen molar-refractivity contribution in [2.75, 3.05) is 0 Å². The van der Waals surface area contributed by atoms with Crippen molar-refractivity contribution in [2.24, 2.45) is 4.99 Å². The molecule has 0 spiro atoms. The van der Waals surface area contributed by atoms with Crippen LogP contribution in [0.2, 0.25) is 0 Å². The summed E-state index contributed by atoms with van der Waals surface area (Å²) in [5.41, 5.74) is -0.525. The monoisotopic (exact) mass is 256 g/mol. The van der Waals surface area contributed by atoms with Crippen LogP contribution in [0.5, 0.6) is 0 Å². The Labute approximate surface area is 105 Å². The SMILES string of the molecule is O=c1oc2ccccc2cc1C([O-])=Nc1nn[nH]n1. The van der Waals surface area contributed by atoms with Gasteiger partial charge in [-0.25, -0.2) is 9.79 Å². The van der Waals surface area contributed by atoms with E-state index in [0.717, 1.165) is 0 Å². The lowest BCUT2D eigenvalue weighted by atomic mass is 10.2. The number of tetrazole rings is 1. The molecule has 0 atom stereocenters. The Balaban J connectivity index is 2.15. The summed E-state index contributed by atoms with van der Waals surface area (Å²) in [6.45, 7) is 0. The third-order valence-electron chi connectivity index (χ3n) is 2.41. The summed E-state index contributed by atoms with van der Waals surface area (Å²) < 4.78 is 5.03. The average molecular weight is 256 g/mol. The van der Waals surface area contributed by atoms with Crippen molar-refractivity contribution in [1.82, 2.24) is 20.6 Å². The van der Waals surface area contributed by atoms with Gasteiger partial charge in [-0.15, -0.1) is 5.10 Å². The number of nitrogens with one attached hydrogen (secondary N) is 1. The van der Waals surface area contributed by atoms with Crippen LogP contribution in [0.1, 0.15) is 5.56 Å². The van der Waals surface area contributed by atoms with Gasteiger partial charge in [-0.1, -0.05) is 23.3 Å². The Bertz CT molecular complexity index is 807. The van der Waals surface area contributed by atoms with E-state index in [-0.39, 0.29) is 11.5 Å². The summed E-state index contributed by atoms with van der Waals surface area (Å²) in [7, 11) is 0. The third-order valence-corrected chi connectivity index (χ3v) is 2.41. The van der Waals surface area contributed by atoms with E-state index in [1.807, 2.05) is 0 Å². The Kier molecular flexibility index (Phi) is 2.53. The number of aromatic amines is 1. The van der Waals surface area contributed by atoms with Gasteiger partial charge in [-0.2, -0.15) is 5.21 Å². The van der Waals surface area contributed by atoms with Crippen LogP contribution < -0.4 is 10.7 Å². The van der Waals surface area contributed by atoms with Crippen molar-refractivity contribution >= 4 is 22.8 Å². The first-order valence-electron chi connectivity index (χ1n) is 5.26. The van der Waals surface area contributed by atoms with E-state index in [0.29, 0.717) is 11.0 Å². The van der Waals surface area contributed by atoms with E-state index in [1.54, 1.807) is 24.3 Å². The van der Waals surface area contributed by atoms with Gasteiger partial charge < -0.3 is 9.52 Å². The van der Waals surface area contributed by atoms with Gasteiger partial charge in [0.15, 0.2) is 0 Å². The van der Waals surface area contributed by atoms with E-state index in [2.05, 4.69) is 25.6 Å².